The Morgan fingerprint density at radius 2 is 2.14 bits per heavy atom. The second kappa shape index (κ2) is 7.79. The van der Waals surface area contributed by atoms with Crippen LogP contribution in [-0.4, -0.2) is 36.3 Å². The van der Waals surface area contributed by atoms with E-state index in [0.717, 1.165) is 25.0 Å². The van der Waals surface area contributed by atoms with Gasteiger partial charge in [-0.05, 0) is 37.5 Å². The molecule has 0 spiro atoms. The molecule has 1 aromatic carbocycles. The Labute approximate surface area is 129 Å². The molecule has 0 aromatic heterocycles. The summed E-state index contributed by atoms with van der Waals surface area (Å²) in [5.74, 6) is -0.548. The third-order valence-corrected chi connectivity index (χ3v) is 3.56. The minimum absolute atomic E-state index is 0.0226. The van der Waals surface area contributed by atoms with Gasteiger partial charge >= 0.3 is 5.97 Å². The Balaban J connectivity index is 1.82. The highest BCUT2D eigenvalue weighted by atomic mass is 16.5. The van der Waals surface area contributed by atoms with Gasteiger partial charge in [0.2, 0.25) is 5.91 Å². The minimum Gasteiger partial charge on any atom is -0.482 e. The quantitative estimate of drug-likeness (QED) is 0.803. The van der Waals surface area contributed by atoms with Gasteiger partial charge in [0.25, 0.3) is 0 Å². The lowest BCUT2D eigenvalue weighted by Crippen LogP contribution is -2.29. The fraction of sp³-hybridized carbons (Fsp3) is 0.500. The van der Waals surface area contributed by atoms with Gasteiger partial charge in [-0.15, -0.1) is 0 Å². The molecular weight excluding hydrogens is 286 g/mol. The Morgan fingerprint density at radius 3 is 2.73 bits per heavy atom. The predicted molar refractivity (Wildman–Crippen MR) is 79.7 cm³/mol. The standard InChI is InChI=1S/C16H21NO5/c1-11(17-15(18)9-14-3-2-8-21-14)12-4-6-13(7-5-12)22-10-16(19)20/h4-7,11,14H,2-3,8-10H2,1H3,(H,17,18)(H,19,20). The maximum Gasteiger partial charge on any atom is 0.341 e. The van der Waals surface area contributed by atoms with E-state index in [1.54, 1.807) is 12.1 Å². The topological polar surface area (TPSA) is 84.9 Å². The molecule has 0 radical (unpaired) electrons. The summed E-state index contributed by atoms with van der Waals surface area (Å²) in [5.41, 5.74) is 0.934. The molecular formula is C16H21NO5. The van der Waals surface area contributed by atoms with E-state index < -0.39 is 5.97 Å². The number of benzene rings is 1. The van der Waals surface area contributed by atoms with Crippen molar-refractivity contribution in [3.05, 3.63) is 29.8 Å². The van der Waals surface area contributed by atoms with Crippen molar-refractivity contribution in [3.8, 4) is 5.75 Å². The lowest BCUT2D eigenvalue weighted by Gasteiger charge is -2.16. The number of amides is 1. The Bertz CT molecular complexity index is 508. The molecule has 1 fully saturated rings. The molecule has 0 saturated carbocycles. The van der Waals surface area contributed by atoms with Crippen molar-refractivity contribution in [3.63, 3.8) is 0 Å². The molecule has 2 N–H and O–H groups in total. The number of ether oxygens (including phenoxy) is 2. The summed E-state index contributed by atoms with van der Waals surface area (Å²) in [6.45, 7) is 2.28. The van der Waals surface area contributed by atoms with Crippen LogP contribution < -0.4 is 10.1 Å². The fourth-order valence-corrected chi connectivity index (χ4v) is 2.39. The number of nitrogens with one attached hydrogen (secondary N) is 1. The van der Waals surface area contributed by atoms with Crippen LogP contribution in [0.3, 0.4) is 0 Å². The molecule has 0 bridgehead atoms. The van der Waals surface area contributed by atoms with Crippen molar-refractivity contribution >= 4 is 11.9 Å². The maximum atomic E-state index is 11.9. The summed E-state index contributed by atoms with van der Waals surface area (Å²) in [5, 5.41) is 11.5. The van der Waals surface area contributed by atoms with Gasteiger partial charge in [-0.2, -0.15) is 0 Å². The number of carbonyl (C=O) groups is 2. The van der Waals surface area contributed by atoms with Crippen LogP contribution in [0.2, 0.25) is 0 Å². The first-order valence-electron chi connectivity index (χ1n) is 7.40. The fourth-order valence-electron chi connectivity index (χ4n) is 2.39. The van der Waals surface area contributed by atoms with Crippen LogP contribution in [0.1, 0.15) is 37.8 Å². The zero-order valence-electron chi connectivity index (χ0n) is 12.6. The van der Waals surface area contributed by atoms with Gasteiger partial charge in [-0.1, -0.05) is 12.1 Å². The molecule has 1 aromatic rings. The van der Waals surface area contributed by atoms with Crippen molar-refractivity contribution in [2.24, 2.45) is 0 Å². The van der Waals surface area contributed by atoms with Crippen LogP contribution in [0, 0.1) is 0 Å². The number of carbonyl (C=O) groups excluding carboxylic acids is 1. The Hall–Kier alpha value is -2.08. The van der Waals surface area contributed by atoms with E-state index in [1.807, 2.05) is 19.1 Å². The molecule has 6 heteroatoms. The lowest BCUT2D eigenvalue weighted by molar-refractivity contribution is -0.139. The van der Waals surface area contributed by atoms with E-state index in [-0.39, 0.29) is 24.7 Å². The zero-order chi connectivity index (χ0) is 15.9. The molecule has 1 heterocycles. The summed E-state index contributed by atoms with van der Waals surface area (Å²) >= 11 is 0. The van der Waals surface area contributed by atoms with E-state index in [1.165, 1.54) is 0 Å². The summed E-state index contributed by atoms with van der Waals surface area (Å²) in [7, 11) is 0. The molecule has 120 valence electrons. The first-order valence-corrected chi connectivity index (χ1v) is 7.40. The second-order valence-electron chi connectivity index (χ2n) is 5.38. The van der Waals surface area contributed by atoms with E-state index in [4.69, 9.17) is 14.6 Å². The predicted octanol–water partition coefficient (Wildman–Crippen LogP) is 1.90. The Morgan fingerprint density at radius 1 is 1.41 bits per heavy atom. The molecule has 1 amide bonds. The van der Waals surface area contributed by atoms with Gasteiger partial charge in [-0.25, -0.2) is 4.79 Å². The number of rotatable bonds is 7. The summed E-state index contributed by atoms with van der Waals surface area (Å²) in [6, 6.07) is 6.90. The molecule has 2 unspecified atom stereocenters. The summed E-state index contributed by atoms with van der Waals surface area (Å²) in [6.07, 6.45) is 2.39. The van der Waals surface area contributed by atoms with E-state index >= 15 is 0 Å². The average molecular weight is 307 g/mol. The number of aliphatic carboxylic acids is 1. The smallest absolute Gasteiger partial charge is 0.341 e. The van der Waals surface area contributed by atoms with Crippen molar-refractivity contribution in [1.82, 2.24) is 5.32 Å². The summed E-state index contributed by atoms with van der Waals surface area (Å²) in [4.78, 5) is 22.4. The van der Waals surface area contributed by atoms with Crippen LogP contribution in [0.4, 0.5) is 0 Å². The first-order chi connectivity index (χ1) is 10.5. The van der Waals surface area contributed by atoms with Crippen molar-refractivity contribution in [2.75, 3.05) is 13.2 Å². The maximum absolute atomic E-state index is 11.9. The number of hydrogen-bond acceptors (Lipinski definition) is 4. The molecule has 2 rings (SSSR count). The zero-order valence-corrected chi connectivity index (χ0v) is 12.6. The minimum atomic E-state index is -1.01. The van der Waals surface area contributed by atoms with Crippen molar-refractivity contribution < 1.29 is 24.2 Å². The largest absolute Gasteiger partial charge is 0.482 e. The third-order valence-electron chi connectivity index (χ3n) is 3.56. The number of hydrogen-bond donors (Lipinski definition) is 2. The van der Waals surface area contributed by atoms with Gasteiger partial charge in [-0.3, -0.25) is 4.79 Å². The van der Waals surface area contributed by atoms with E-state index in [9.17, 15) is 9.59 Å². The normalized spacial score (nSPS) is 18.7. The van der Waals surface area contributed by atoms with Gasteiger partial charge in [0, 0.05) is 6.61 Å². The second-order valence-corrected chi connectivity index (χ2v) is 5.38. The van der Waals surface area contributed by atoms with Crippen LogP contribution in [0.15, 0.2) is 24.3 Å². The highest BCUT2D eigenvalue weighted by Gasteiger charge is 2.20. The van der Waals surface area contributed by atoms with Gasteiger partial charge in [0.15, 0.2) is 6.61 Å². The van der Waals surface area contributed by atoms with Crippen LogP contribution in [-0.2, 0) is 14.3 Å². The van der Waals surface area contributed by atoms with Crippen molar-refractivity contribution in [1.29, 1.82) is 0 Å². The third kappa shape index (κ3) is 5.04. The van der Waals surface area contributed by atoms with Gasteiger partial charge in [0.1, 0.15) is 5.75 Å². The molecule has 1 aliphatic heterocycles. The molecule has 1 saturated heterocycles. The average Bonchev–Trinajstić information content (AvgIpc) is 2.98. The highest BCUT2D eigenvalue weighted by molar-refractivity contribution is 5.77. The van der Waals surface area contributed by atoms with E-state index in [0.29, 0.717) is 12.2 Å². The number of carboxylic acid groups (broad SMARTS) is 1. The van der Waals surface area contributed by atoms with Crippen LogP contribution in [0.5, 0.6) is 5.75 Å². The van der Waals surface area contributed by atoms with Crippen LogP contribution >= 0.6 is 0 Å². The monoisotopic (exact) mass is 307 g/mol. The molecule has 6 nitrogen and oxygen atoms in total. The van der Waals surface area contributed by atoms with Gasteiger partial charge < -0.3 is 19.9 Å². The Kier molecular flexibility index (Phi) is 5.77. The SMILES string of the molecule is CC(NC(=O)CC1CCCO1)c1ccc(OCC(=O)O)cc1. The summed E-state index contributed by atoms with van der Waals surface area (Å²) < 4.78 is 10.5. The first kappa shape index (κ1) is 16.3. The molecule has 1 aliphatic rings. The lowest BCUT2D eigenvalue weighted by atomic mass is 10.1. The van der Waals surface area contributed by atoms with Crippen molar-refractivity contribution in [2.45, 2.75) is 38.3 Å². The molecule has 0 aliphatic carbocycles. The highest BCUT2D eigenvalue weighted by Crippen LogP contribution is 2.19. The van der Waals surface area contributed by atoms with Crippen LogP contribution in [0.25, 0.3) is 0 Å². The molecule has 2 atom stereocenters. The van der Waals surface area contributed by atoms with Gasteiger partial charge in [0.05, 0.1) is 18.6 Å². The van der Waals surface area contributed by atoms with E-state index in [2.05, 4.69) is 5.32 Å². The number of carboxylic acids is 1. The molecule has 22 heavy (non-hydrogen) atoms.